The minimum Gasteiger partial charge on any atom is -0.504 e. The van der Waals surface area contributed by atoms with Crippen molar-refractivity contribution in [3.63, 3.8) is 0 Å². The maximum Gasteiger partial charge on any atom is 0.164 e. The van der Waals surface area contributed by atoms with Crippen LogP contribution in [0.15, 0.2) is 36.5 Å². The molecule has 0 aliphatic carbocycles. The van der Waals surface area contributed by atoms with Crippen LogP contribution < -0.4 is 0 Å². The van der Waals surface area contributed by atoms with Crippen LogP contribution in [0.5, 0.6) is 5.75 Å². The quantitative estimate of drug-likeness (QED) is 0.799. The maximum absolute atomic E-state index is 10.2. The van der Waals surface area contributed by atoms with Crippen molar-refractivity contribution in [2.24, 2.45) is 0 Å². The highest BCUT2D eigenvalue weighted by atomic mass is 16.3. The van der Waals surface area contributed by atoms with Crippen molar-refractivity contribution in [3.8, 4) is 23.2 Å². The lowest BCUT2D eigenvalue weighted by Gasteiger charge is -2.05. The number of aromatic nitrogens is 3. The molecular formula is C17H16N4O. The first kappa shape index (κ1) is 14.1. The molecule has 3 rings (SSSR count). The van der Waals surface area contributed by atoms with Gasteiger partial charge in [0.05, 0.1) is 5.39 Å². The van der Waals surface area contributed by atoms with E-state index in [9.17, 15) is 10.4 Å². The number of aryl methyl sites for hydroxylation is 1. The minimum atomic E-state index is -0.0341. The molecule has 0 fully saturated rings. The lowest BCUT2D eigenvalue weighted by Crippen LogP contribution is -2.02. The summed E-state index contributed by atoms with van der Waals surface area (Å²) in [5, 5.41) is 20.0. The Hall–Kier alpha value is -2.87. The lowest BCUT2D eigenvalue weighted by molar-refractivity contribution is 0.474. The first-order valence-corrected chi connectivity index (χ1v) is 7.30. The molecule has 5 nitrogen and oxygen atoms in total. The van der Waals surface area contributed by atoms with Crippen LogP contribution in [-0.2, 0) is 6.54 Å². The molecule has 0 saturated carbocycles. The Bertz CT molecular complexity index is 846. The summed E-state index contributed by atoms with van der Waals surface area (Å²) in [5.74, 6) is 0.557. The van der Waals surface area contributed by atoms with Gasteiger partial charge in [-0.3, -0.25) is 0 Å². The van der Waals surface area contributed by atoms with E-state index in [1.807, 2.05) is 30.3 Å². The van der Waals surface area contributed by atoms with Crippen molar-refractivity contribution >= 4 is 11.0 Å². The second kappa shape index (κ2) is 5.86. The molecule has 0 aliphatic heterocycles. The standard InChI is InChI=1S/C17H16N4O/c1-2-3-9-21-14(10-18)15(22)13-11-19-16(20-17(13)21)12-7-5-4-6-8-12/h4-8,11,22H,2-3,9H2,1H3. The van der Waals surface area contributed by atoms with Gasteiger partial charge in [-0.2, -0.15) is 5.26 Å². The molecule has 0 unspecified atom stereocenters. The highest BCUT2D eigenvalue weighted by Crippen LogP contribution is 2.31. The van der Waals surface area contributed by atoms with E-state index in [2.05, 4.69) is 23.0 Å². The van der Waals surface area contributed by atoms with Gasteiger partial charge in [0, 0.05) is 18.3 Å². The van der Waals surface area contributed by atoms with E-state index >= 15 is 0 Å². The predicted octanol–water partition coefficient (Wildman–Crippen LogP) is 3.48. The van der Waals surface area contributed by atoms with Crippen LogP contribution in [0, 0.1) is 11.3 Å². The van der Waals surface area contributed by atoms with Gasteiger partial charge in [-0.1, -0.05) is 43.7 Å². The van der Waals surface area contributed by atoms with Crippen LogP contribution in [0.4, 0.5) is 0 Å². The Kier molecular flexibility index (Phi) is 3.75. The molecule has 22 heavy (non-hydrogen) atoms. The molecule has 2 heterocycles. The summed E-state index contributed by atoms with van der Waals surface area (Å²) in [6, 6.07) is 11.7. The van der Waals surface area contributed by atoms with Crippen molar-refractivity contribution in [1.29, 1.82) is 5.26 Å². The molecule has 3 aromatic rings. The fourth-order valence-electron chi connectivity index (χ4n) is 2.48. The van der Waals surface area contributed by atoms with E-state index in [-0.39, 0.29) is 11.4 Å². The van der Waals surface area contributed by atoms with Crippen LogP contribution in [0.3, 0.4) is 0 Å². The zero-order chi connectivity index (χ0) is 15.5. The van der Waals surface area contributed by atoms with Gasteiger partial charge in [0.1, 0.15) is 11.7 Å². The molecule has 0 aliphatic rings. The van der Waals surface area contributed by atoms with Crippen LogP contribution in [-0.4, -0.2) is 19.6 Å². The molecule has 2 aromatic heterocycles. The van der Waals surface area contributed by atoms with Crippen LogP contribution in [0.1, 0.15) is 25.5 Å². The third kappa shape index (κ3) is 2.29. The Balaban J connectivity index is 2.20. The van der Waals surface area contributed by atoms with Gasteiger partial charge >= 0.3 is 0 Å². The second-order valence-corrected chi connectivity index (χ2v) is 5.11. The van der Waals surface area contributed by atoms with E-state index in [1.54, 1.807) is 10.8 Å². The smallest absolute Gasteiger partial charge is 0.164 e. The van der Waals surface area contributed by atoms with Gasteiger partial charge < -0.3 is 9.67 Å². The average Bonchev–Trinajstić information content (AvgIpc) is 2.84. The van der Waals surface area contributed by atoms with Gasteiger partial charge in [0.2, 0.25) is 0 Å². The summed E-state index contributed by atoms with van der Waals surface area (Å²) in [5.41, 5.74) is 1.77. The summed E-state index contributed by atoms with van der Waals surface area (Å²) in [6.07, 6.45) is 3.51. The molecule has 0 amide bonds. The topological polar surface area (TPSA) is 74.7 Å². The minimum absolute atomic E-state index is 0.0341. The average molecular weight is 292 g/mol. The normalized spacial score (nSPS) is 10.7. The molecule has 0 atom stereocenters. The first-order valence-electron chi connectivity index (χ1n) is 7.30. The third-order valence-corrected chi connectivity index (χ3v) is 3.65. The number of aromatic hydroxyl groups is 1. The molecule has 0 radical (unpaired) electrons. The third-order valence-electron chi connectivity index (χ3n) is 3.65. The fraction of sp³-hybridized carbons (Fsp3) is 0.235. The fourth-order valence-corrected chi connectivity index (χ4v) is 2.48. The van der Waals surface area contributed by atoms with E-state index < -0.39 is 0 Å². The Morgan fingerprint density at radius 1 is 1.27 bits per heavy atom. The highest BCUT2D eigenvalue weighted by molar-refractivity contribution is 5.87. The predicted molar refractivity (Wildman–Crippen MR) is 84.3 cm³/mol. The number of benzene rings is 1. The number of unbranched alkanes of at least 4 members (excludes halogenated alkanes) is 1. The lowest BCUT2D eigenvalue weighted by atomic mass is 10.2. The van der Waals surface area contributed by atoms with Crippen molar-refractivity contribution in [2.45, 2.75) is 26.3 Å². The number of hydrogen-bond acceptors (Lipinski definition) is 4. The zero-order valence-electron chi connectivity index (χ0n) is 12.3. The zero-order valence-corrected chi connectivity index (χ0v) is 12.3. The number of nitriles is 1. The molecular weight excluding hydrogens is 276 g/mol. The Labute approximate surface area is 128 Å². The van der Waals surface area contributed by atoms with Gasteiger partial charge in [0.25, 0.3) is 0 Å². The molecule has 5 heteroatoms. The second-order valence-electron chi connectivity index (χ2n) is 5.11. The van der Waals surface area contributed by atoms with E-state index in [4.69, 9.17) is 0 Å². The number of rotatable bonds is 4. The maximum atomic E-state index is 10.2. The van der Waals surface area contributed by atoms with Gasteiger partial charge in [-0.15, -0.1) is 0 Å². The summed E-state index contributed by atoms with van der Waals surface area (Å²) in [4.78, 5) is 8.88. The van der Waals surface area contributed by atoms with E-state index in [1.165, 1.54) is 0 Å². The van der Waals surface area contributed by atoms with Crippen LogP contribution >= 0.6 is 0 Å². The molecule has 0 spiro atoms. The van der Waals surface area contributed by atoms with E-state index in [0.29, 0.717) is 23.4 Å². The molecule has 1 aromatic carbocycles. The van der Waals surface area contributed by atoms with Gasteiger partial charge in [-0.25, -0.2) is 9.97 Å². The summed E-state index contributed by atoms with van der Waals surface area (Å²) in [7, 11) is 0. The number of hydrogen-bond donors (Lipinski definition) is 1. The van der Waals surface area contributed by atoms with Crippen molar-refractivity contribution < 1.29 is 5.11 Å². The summed E-state index contributed by atoms with van der Waals surface area (Å²) >= 11 is 0. The van der Waals surface area contributed by atoms with Gasteiger partial charge in [0.15, 0.2) is 17.3 Å². The van der Waals surface area contributed by atoms with Crippen LogP contribution in [0.2, 0.25) is 0 Å². The largest absolute Gasteiger partial charge is 0.504 e. The van der Waals surface area contributed by atoms with Crippen molar-refractivity contribution in [3.05, 3.63) is 42.2 Å². The van der Waals surface area contributed by atoms with Crippen molar-refractivity contribution in [1.82, 2.24) is 14.5 Å². The molecule has 110 valence electrons. The molecule has 0 saturated heterocycles. The number of nitrogens with zero attached hydrogens (tertiary/aromatic N) is 4. The Morgan fingerprint density at radius 2 is 2.05 bits per heavy atom. The Morgan fingerprint density at radius 3 is 2.73 bits per heavy atom. The summed E-state index contributed by atoms with van der Waals surface area (Å²) < 4.78 is 1.78. The number of fused-ring (bicyclic) bond motifs is 1. The summed E-state index contributed by atoms with van der Waals surface area (Å²) in [6.45, 7) is 2.74. The SMILES string of the molecule is CCCCn1c(C#N)c(O)c2cnc(-c3ccccc3)nc21. The van der Waals surface area contributed by atoms with Gasteiger partial charge in [-0.05, 0) is 6.42 Å². The van der Waals surface area contributed by atoms with Crippen molar-refractivity contribution in [2.75, 3.05) is 0 Å². The first-order chi connectivity index (χ1) is 10.8. The highest BCUT2D eigenvalue weighted by Gasteiger charge is 2.18. The molecule has 1 N–H and O–H groups in total. The van der Waals surface area contributed by atoms with Crippen LogP contribution in [0.25, 0.3) is 22.4 Å². The molecule has 0 bridgehead atoms. The monoisotopic (exact) mass is 292 g/mol. The van der Waals surface area contributed by atoms with E-state index in [0.717, 1.165) is 18.4 Å².